The molecule has 5 rings (SSSR count). The summed E-state index contributed by atoms with van der Waals surface area (Å²) in [4.78, 5) is 30.7. The monoisotopic (exact) mass is 443 g/mol. The van der Waals surface area contributed by atoms with Crippen LogP contribution < -0.4 is 20.4 Å². The first-order valence-corrected chi connectivity index (χ1v) is 11.6. The van der Waals surface area contributed by atoms with Crippen LogP contribution in [0, 0.1) is 0 Å². The molecule has 2 saturated heterocycles. The Morgan fingerprint density at radius 3 is 2.52 bits per heavy atom. The molecular formula is C25H29N7O. The number of carbonyl (C=O) groups is 1. The quantitative estimate of drug-likeness (QED) is 0.627. The Morgan fingerprint density at radius 2 is 1.73 bits per heavy atom. The Hall–Kier alpha value is -3.52. The zero-order valence-electron chi connectivity index (χ0n) is 18.7. The lowest BCUT2D eigenvalue weighted by Gasteiger charge is -2.32. The topological polar surface area (TPSA) is 86.3 Å². The second-order valence-corrected chi connectivity index (χ2v) is 8.50. The predicted octanol–water partition coefficient (Wildman–Crippen LogP) is 2.92. The smallest absolute Gasteiger partial charge is 0.274 e. The van der Waals surface area contributed by atoms with Crippen molar-refractivity contribution >= 4 is 23.2 Å². The summed E-state index contributed by atoms with van der Waals surface area (Å²) >= 11 is 0. The number of hydrogen-bond donors (Lipinski definition) is 2. The average molecular weight is 444 g/mol. The third-order valence-electron chi connectivity index (χ3n) is 6.43. The molecule has 1 amide bonds. The second kappa shape index (κ2) is 9.95. The molecule has 2 aromatic heterocycles. The molecule has 1 aromatic carbocycles. The SMILES string of the molecule is O=C(Nc1cnccc1N1CCNCC1)c1ccnc(N2CCC(c3ccccc3)CC2)n1. The minimum absolute atomic E-state index is 0.248. The molecule has 8 heteroatoms. The number of hydrogen-bond acceptors (Lipinski definition) is 7. The van der Waals surface area contributed by atoms with E-state index in [1.807, 2.05) is 6.07 Å². The van der Waals surface area contributed by atoms with E-state index in [0.29, 0.717) is 23.2 Å². The van der Waals surface area contributed by atoms with Gasteiger partial charge in [0.1, 0.15) is 5.69 Å². The lowest BCUT2D eigenvalue weighted by atomic mass is 9.90. The number of piperidine rings is 1. The van der Waals surface area contributed by atoms with E-state index in [1.54, 1.807) is 24.7 Å². The average Bonchev–Trinajstić information content (AvgIpc) is 2.90. The van der Waals surface area contributed by atoms with E-state index in [-0.39, 0.29) is 5.91 Å². The van der Waals surface area contributed by atoms with E-state index < -0.39 is 0 Å². The van der Waals surface area contributed by atoms with Crippen LogP contribution in [0.2, 0.25) is 0 Å². The number of nitrogens with zero attached hydrogens (tertiary/aromatic N) is 5. The lowest BCUT2D eigenvalue weighted by molar-refractivity contribution is 0.102. The maximum Gasteiger partial charge on any atom is 0.274 e. The zero-order chi connectivity index (χ0) is 22.5. The van der Waals surface area contributed by atoms with Gasteiger partial charge in [-0.15, -0.1) is 0 Å². The Kier molecular flexibility index (Phi) is 6.44. The standard InChI is InChI=1S/C25H29N7O/c33-24(29-22-18-27-10-7-23(22)31-16-12-26-13-17-31)21-6-11-28-25(30-21)32-14-8-20(9-15-32)19-4-2-1-3-5-19/h1-7,10-11,18,20,26H,8-9,12-17H2,(H,29,33). The zero-order valence-corrected chi connectivity index (χ0v) is 18.7. The minimum Gasteiger partial charge on any atom is -0.367 e. The van der Waals surface area contributed by atoms with E-state index in [4.69, 9.17) is 0 Å². The Bertz CT molecular complexity index is 1080. The molecule has 8 nitrogen and oxygen atoms in total. The fourth-order valence-corrected chi connectivity index (χ4v) is 4.62. The number of nitrogens with one attached hydrogen (secondary N) is 2. The molecule has 170 valence electrons. The molecule has 0 spiro atoms. The molecule has 4 heterocycles. The normalized spacial score (nSPS) is 17.1. The predicted molar refractivity (Wildman–Crippen MR) is 130 cm³/mol. The molecule has 0 atom stereocenters. The highest BCUT2D eigenvalue weighted by Gasteiger charge is 2.23. The van der Waals surface area contributed by atoms with Crippen molar-refractivity contribution in [3.05, 3.63) is 72.3 Å². The third kappa shape index (κ3) is 4.96. The summed E-state index contributed by atoms with van der Waals surface area (Å²) in [7, 11) is 0. The van der Waals surface area contributed by atoms with Gasteiger partial charge in [-0.2, -0.15) is 0 Å². The van der Waals surface area contributed by atoms with Crippen LogP contribution in [0.25, 0.3) is 0 Å². The van der Waals surface area contributed by atoms with Gasteiger partial charge in [-0.3, -0.25) is 9.78 Å². The van der Waals surface area contributed by atoms with Gasteiger partial charge in [0.05, 0.1) is 17.6 Å². The highest BCUT2D eigenvalue weighted by molar-refractivity contribution is 6.04. The number of carbonyl (C=O) groups excluding carboxylic acids is 1. The van der Waals surface area contributed by atoms with Crippen molar-refractivity contribution in [1.29, 1.82) is 0 Å². The van der Waals surface area contributed by atoms with Crippen LogP contribution in [0.5, 0.6) is 0 Å². The molecule has 0 radical (unpaired) electrons. The summed E-state index contributed by atoms with van der Waals surface area (Å²) in [5.74, 6) is 0.924. The molecule has 2 fully saturated rings. The van der Waals surface area contributed by atoms with Crippen molar-refractivity contribution in [3.63, 3.8) is 0 Å². The summed E-state index contributed by atoms with van der Waals surface area (Å²) < 4.78 is 0. The molecule has 2 aliphatic rings. The lowest BCUT2D eigenvalue weighted by Crippen LogP contribution is -2.43. The number of benzene rings is 1. The van der Waals surface area contributed by atoms with Gasteiger partial charge >= 0.3 is 0 Å². The first-order valence-electron chi connectivity index (χ1n) is 11.6. The maximum absolute atomic E-state index is 13.0. The van der Waals surface area contributed by atoms with Gasteiger partial charge in [0.15, 0.2) is 0 Å². The number of piperazine rings is 1. The maximum atomic E-state index is 13.0. The second-order valence-electron chi connectivity index (χ2n) is 8.50. The molecule has 33 heavy (non-hydrogen) atoms. The number of pyridine rings is 1. The minimum atomic E-state index is -0.248. The van der Waals surface area contributed by atoms with Crippen molar-refractivity contribution in [2.24, 2.45) is 0 Å². The third-order valence-corrected chi connectivity index (χ3v) is 6.43. The molecule has 3 aromatic rings. The fourth-order valence-electron chi connectivity index (χ4n) is 4.62. The Labute approximate surface area is 194 Å². The largest absolute Gasteiger partial charge is 0.367 e. The number of rotatable bonds is 5. The van der Waals surface area contributed by atoms with Gasteiger partial charge in [-0.05, 0) is 36.5 Å². The van der Waals surface area contributed by atoms with Crippen LogP contribution >= 0.6 is 0 Å². The summed E-state index contributed by atoms with van der Waals surface area (Å²) in [6, 6.07) is 14.3. The molecule has 2 N–H and O–H groups in total. The molecule has 2 aliphatic heterocycles. The van der Waals surface area contributed by atoms with Crippen molar-refractivity contribution in [1.82, 2.24) is 20.3 Å². The molecule has 0 saturated carbocycles. The van der Waals surface area contributed by atoms with Crippen molar-refractivity contribution < 1.29 is 4.79 Å². The van der Waals surface area contributed by atoms with Gasteiger partial charge in [0.2, 0.25) is 5.95 Å². The fraction of sp³-hybridized carbons (Fsp3) is 0.360. The van der Waals surface area contributed by atoms with Crippen LogP contribution in [0.3, 0.4) is 0 Å². The van der Waals surface area contributed by atoms with E-state index in [9.17, 15) is 4.79 Å². The first-order chi connectivity index (χ1) is 16.3. The van der Waals surface area contributed by atoms with Gasteiger partial charge < -0.3 is 20.4 Å². The van der Waals surface area contributed by atoms with Crippen molar-refractivity contribution in [2.75, 3.05) is 54.4 Å². The molecule has 0 bridgehead atoms. The van der Waals surface area contributed by atoms with Crippen LogP contribution in [-0.4, -0.2) is 60.1 Å². The van der Waals surface area contributed by atoms with Crippen molar-refractivity contribution in [2.45, 2.75) is 18.8 Å². The van der Waals surface area contributed by atoms with Gasteiger partial charge in [-0.25, -0.2) is 9.97 Å². The van der Waals surface area contributed by atoms with Gasteiger partial charge in [-0.1, -0.05) is 30.3 Å². The van der Waals surface area contributed by atoms with Crippen LogP contribution in [0.1, 0.15) is 34.8 Å². The molecular weight excluding hydrogens is 414 g/mol. The van der Waals surface area contributed by atoms with E-state index in [1.165, 1.54) is 5.56 Å². The van der Waals surface area contributed by atoms with Crippen LogP contribution in [-0.2, 0) is 0 Å². The highest BCUT2D eigenvalue weighted by Crippen LogP contribution is 2.29. The number of anilines is 3. The number of amides is 1. The van der Waals surface area contributed by atoms with E-state index >= 15 is 0 Å². The van der Waals surface area contributed by atoms with E-state index in [2.05, 4.69) is 65.7 Å². The van der Waals surface area contributed by atoms with Crippen LogP contribution in [0.4, 0.5) is 17.3 Å². The first kappa shape index (κ1) is 21.3. The molecule has 0 unspecified atom stereocenters. The van der Waals surface area contributed by atoms with Crippen LogP contribution in [0.15, 0.2) is 61.1 Å². The van der Waals surface area contributed by atoms with Gasteiger partial charge in [0.25, 0.3) is 5.91 Å². The van der Waals surface area contributed by atoms with Crippen molar-refractivity contribution in [3.8, 4) is 0 Å². The van der Waals surface area contributed by atoms with E-state index in [0.717, 1.165) is 57.8 Å². The Balaban J connectivity index is 1.26. The van der Waals surface area contributed by atoms with Gasteiger partial charge in [0, 0.05) is 51.7 Å². The number of aromatic nitrogens is 3. The highest BCUT2D eigenvalue weighted by atomic mass is 16.1. The summed E-state index contributed by atoms with van der Waals surface area (Å²) in [5, 5.41) is 6.36. The Morgan fingerprint density at radius 1 is 0.939 bits per heavy atom. The molecule has 0 aliphatic carbocycles. The summed E-state index contributed by atoms with van der Waals surface area (Å²) in [6.45, 7) is 5.38. The summed E-state index contributed by atoms with van der Waals surface area (Å²) in [5.41, 5.74) is 3.44. The summed E-state index contributed by atoms with van der Waals surface area (Å²) in [6.07, 6.45) is 7.22.